The minimum absolute atomic E-state index is 0.171. The van der Waals surface area contributed by atoms with Gasteiger partial charge in [-0.05, 0) is 25.7 Å². The van der Waals surface area contributed by atoms with Crippen molar-refractivity contribution in [1.82, 2.24) is 10.2 Å². The molecule has 1 unspecified atom stereocenters. The summed E-state index contributed by atoms with van der Waals surface area (Å²) < 4.78 is 0. The maximum Gasteiger partial charge on any atom is 0.328 e. The first kappa shape index (κ1) is 17.9. The van der Waals surface area contributed by atoms with Crippen molar-refractivity contribution in [3.05, 3.63) is 23.8 Å². The third-order valence-electron chi connectivity index (χ3n) is 3.52. The molecule has 0 aromatic carbocycles. The summed E-state index contributed by atoms with van der Waals surface area (Å²) in [6.07, 6.45) is 7.81. The summed E-state index contributed by atoms with van der Waals surface area (Å²) in [4.78, 5) is 32.6. The predicted octanol–water partition coefficient (Wildman–Crippen LogP) is 0.627. The van der Waals surface area contributed by atoms with Crippen LogP contribution in [0, 0.1) is 0 Å². The van der Waals surface area contributed by atoms with E-state index in [4.69, 9.17) is 10.2 Å². The van der Waals surface area contributed by atoms with E-state index in [1.54, 1.807) is 4.90 Å². The van der Waals surface area contributed by atoms with Crippen molar-refractivity contribution in [3.63, 3.8) is 0 Å². The molecule has 2 aliphatic rings. The molecule has 22 heavy (non-hydrogen) atoms. The Bertz CT molecular complexity index is 480. The fourth-order valence-electron chi connectivity index (χ4n) is 2.51. The second-order valence-electron chi connectivity index (χ2n) is 5.44. The van der Waals surface area contributed by atoms with E-state index in [0.717, 1.165) is 18.4 Å². The van der Waals surface area contributed by atoms with Crippen molar-refractivity contribution in [3.8, 4) is 0 Å². The van der Waals surface area contributed by atoms with Gasteiger partial charge in [0.25, 0.3) is 5.91 Å². The second-order valence-corrected chi connectivity index (χ2v) is 5.44. The van der Waals surface area contributed by atoms with E-state index < -0.39 is 11.9 Å². The molecule has 2 bridgehead atoms. The molecule has 0 radical (unpaired) electrons. The van der Waals surface area contributed by atoms with E-state index in [9.17, 15) is 14.4 Å². The van der Waals surface area contributed by atoms with Crippen LogP contribution in [0.2, 0.25) is 0 Å². The van der Waals surface area contributed by atoms with Crippen LogP contribution in [-0.2, 0) is 14.4 Å². The van der Waals surface area contributed by atoms with Gasteiger partial charge in [-0.2, -0.15) is 0 Å². The molecule has 7 heteroatoms. The highest BCUT2D eigenvalue weighted by atomic mass is 16.4. The highest BCUT2D eigenvalue weighted by Gasteiger charge is 2.31. The number of carboxylic acids is 2. The van der Waals surface area contributed by atoms with Gasteiger partial charge >= 0.3 is 11.9 Å². The Morgan fingerprint density at radius 2 is 1.73 bits per heavy atom. The third kappa shape index (κ3) is 5.69. The summed E-state index contributed by atoms with van der Waals surface area (Å²) in [5, 5.41) is 19.1. The zero-order chi connectivity index (χ0) is 16.7. The minimum Gasteiger partial charge on any atom is -0.478 e. The summed E-state index contributed by atoms with van der Waals surface area (Å²) in [5.74, 6) is -2.34. The van der Waals surface area contributed by atoms with Crippen LogP contribution < -0.4 is 5.32 Å². The van der Waals surface area contributed by atoms with Crippen LogP contribution in [0.5, 0.6) is 0 Å². The van der Waals surface area contributed by atoms with Gasteiger partial charge in [0.2, 0.25) is 0 Å². The standard InChI is InChI=1S/C11H18N2O.C4H4O4/c1-13(2)11(14)9-5-3-4-8-6-7-10(9)12-8;5-3(6)1-2-4(7)8/h5,8,10,12H,3-4,6-7H2,1-2H3;1-2H,(H,5,6)(H,7,8)/b;2-1+/t8?,10-;/m1./s1. The van der Waals surface area contributed by atoms with Crippen LogP contribution >= 0.6 is 0 Å². The molecule has 0 saturated carbocycles. The number of aliphatic carboxylic acids is 2. The Hall–Kier alpha value is -2.15. The number of allylic oxidation sites excluding steroid dienone is 1. The van der Waals surface area contributed by atoms with E-state index in [0.29, 0.717) is 24.2 Å². The lowest BCUT2D eigenvalue weighted by atomic mass is 9.99. The van der Waals surface area contributed by atoms with E-state index in [2.05, 4.69) is 11.4 Å². The predicted molar refractivity (Wildman–Crippen MR) is 80.4 cm³/mol. The number of rotatable bonds is 3. The number of hydrogen-bond acceptors (Lipinski definition) is 4. The number of carbonyl (C=O) groups excluding carboxylic acids is 1. The number of amides is 1. The molecule has 2 heterocycles. The van der Waals surface area contributed by atoms with Crippen molar-refractivity contribution in [2.45, 2.75) is 37.8 Å². The van der Waals surface area contributed by atoms with Gasteiger partial charge in [0.1, 0.15) is 0 Å². The first-order valence-corrected chi connectivity index (χ1v) is 7.13. The molecule has 2 aliphatic heterocycles. The smallest absolute Gasteiger partial charge is 0.328 e. The summed E-state index contributed by atoms with van der Waals surface area (Å²) in [6.45, 7) is 0. The van der Waals surface area contributed by atoms with Gasteiger partial charge in [0, 0.05) is 43.9 Å². The molecule has 7 nitrogen and oxygen atoms in total. The van der Waals surface area contributed by atoms with E-state index in [-0.39, 0.29) is 5.91 Å². The number of carboxylic acid groups (broad SMARTS) is 2. The Morgan fingerprint density at radius 3 is 2.23 bits per heavy atom. The van der Waals surface area contributed by atoms with Gasteiger partial charge in [-0.25, -0.2) is 9.59 Å². The average molecular weight is 310 g/mol. The molecule has 1 fully saturated rings. The van der Waals surface area contributed by atoms with Gasteiger partial charge in [-0.1, -0.05) is 6.08 Å². The van der Waals surface area contributed by atoms with Crippen molar-refractivity contribution in [1.29, 1.82) is 0 Å². The number of likely N-dealkylation sites (N-methyl/N-ethyl adjacent to an activating group) is 1. The maximum absolute atomic E-state index is 11.9. The number of hydrogen-bond donors (Lipinski definition) is 3. The molecule has 1 saturated heterocycles. The molecule has 0 aromatic rings. The Morgan fingerprint density at radius 1 is 1.14 bits per heavy atom. The monoisotopic (exact) mass is 310 g/mol. The molecule has 0 aromatic heterocycles. The van der Waals surface area contributed by atoms with Gasteiger partial charge < -0.3 is 20.4 Å². The molecule has 122 valence electrons. The molecule has 2 atom stereocenters. The highest BCUT2D eigenvalue weighted by Crippen LogP contribution is 2.26. The van der Waals surface area contributed by atoms with Gasteiger partial charge in [0.05, 0.1) is 0 Å². The SMILES string of the molecule is CN(C)C(=O)C1=CCCC2CC[C@H]1N2.O=C(O)/C=C/C(=O)O. The number of nitrogens with zero attached hydrogens (tertiary/aromatic N) is 1. The minimum atomic E-state index is -1.26. The topological polar surface area (TPSA) is 107 Å². The van der Waals surface area contributed by atoms with E-state index in [1.807, 2.05) is 14.1 Å². The quantitative estimate of drug-likeness (QED) is 0.660. The van der Waals surface area contributed by atoms with Crippen LogP contribution in [0.3, 0.4) is 0 Å². The average Bonchev–Trinajstić information content (AvgIpc) is 2.78. The first-order valence-electron chi connectivity index (χ1n) is 7.13. The largest absolute Gasteiger partial charge is 0.478 e. The molecule has 0 spiro atoms. The normalized spacial score (nSPS) is 23.1. The summed E-state index contributed by atoms with van der Waals surface area (Å²) in [6, 6.07) is 0.959. The molecule has 2 rings (SSSR count). The van der Waals surface area contributed by atoms with Crippen LogP contribution in [0.15, 0.2) is 23.8 Å². The van der Waals surface area contributed by atoms with Crippen molar-refractivity contribution < 1.29 is 24.6 Å². The lowest BCUT2D eigenvalue weighted by Gasteiger charge is -2.18. The van der Waals surface area contributed by atoms with Gasteiger partial charge in [0.15, 0.2) is 0 Å². The first-order chi connectivity index (χ1) is 10.3. The number of carbonyl (C=O) groups is 3. The Labute approximate surface area is 129 Å². The van der Waals surface area contributed by atoms with Crippen LogP contribution in [0.1, 0.15) is 25.7 Å². The fourth-order valence-corrected chi connectivity index (χ4v) is 2.51. The molecule has 3 N–H and O–H groups in total. The highest BCUT2D eigenvalue weighted by molar-refractivity contribution is 5.94. The zero-order valence-electron chi connectivity index (χ0n) is 12.8. The van der Waals surface area contributed by atoms with Crippen molar-refractivity contribution in [2.75, 3.05) is 14.1 Å². The Balaban J connectivity index is 0.000000261. The van der Waals surface area contributed by atoms with Gasteiger partial charge in [-0.15, -0.1) is 0 Å². The summed E-state index contributed by atoms with van der Waals surface area (Å²) >= 11 is 0. The summed E-state index contributed by atoms with van der Waals surface area (Å²) in [5.41, 5.74) is 0.981. The number of nitrogens with one attached hydrogen (secondary N) is 1. The maximum atomic E-state index is 11.9. The lowest BCUT2D eigenvalue weighted by molar-refractivity contribution is -0.134. The van der Waals surface area contributed by atoms with Crippen molar-refractivity contribution in [2.24, 2.45) is 0 Å². The zero-order valence-corrected chi connectivity index (χ0v) is 12.8. The van der Waals surface area contributed by atoms with E-state index in [1.165, 1.54) is 12.8 Å². The van der Waals surface area contributed by atoms with Gasteiger partial charge in [-0.3, -0.25) is 4.79 Å². The summed E-state index contributed by atoms with van der Waals surface area (Å²) in [7, 11) is 3.64. The van der Waals surface area contributed by atoms with E-state index >= 15 is 0 Å². The van der Waals surface area contributed by atoms with Crippen LogP contribution in [-0.4, -0.2) is 59.1 Å². The molecular weight excluding hydrogens is 288 g/mol. The van der Waals surface area contributed by atoms with Crippen molar-refractivity contribution >= 4 is 17.8 Å². The molecular formula is C15H22N2O5. The number of fused-ring (bicyclic) bond motifs is 2. The van der Waals surface area contributed by atoms with Crippen LogP contribution in [0.25, 0.3) is 0 Å². The third-order valence-corrected chi connectivity index (χ3v) is 3.52. The molecule has 1 amide bonds. The Kier molecular flexibility index (Phi) is 6.78. The molecule has 0 aliphatic carbocycles. The fraction of sp³-hybridized carbons (Fsp3) is 0.533. The lowest BCUT2D eigenvalue weighted by Crippen LogP contribution is -2.35. The van der Waals surface area contributed by atoms with Crippen LogP contribution in [0.4, 0.5) is 0 Å². The second kappa shape index (κ2) is 8.33.